The molecule has 1 amide bonds. The summed E-state index contributed by atoms with van der Waals surface area (Å²) in [5, 5.41) is 9.42. The smallest absolute Gasteiger partial charge is 0.344 e. The molecule has 0 fully saturated rings. The summed E-state index contributed by atoms with van der Waals surface area (Å²) in [4.78, 5) is 15.9. The van der Waals surface area contributed by atoms with Gasteiger partial charge in [-0.1, -0.05) is 0 Å². The predicted molar refractivity (Wildman–Crippen MR) is 98.4 cm³/mol. The molecule has 15 heteroatoms. The molecule has 0 aromatic carbocycles. The quantitative estimate of drug-likeness (QED) is 0.527. The molecule has 1 atom stereocenters. The minimum Gasteiger partial charge on any atom is -0.344 e. The van der Waals surface area contributed by atoms with Crippen molar-refractivity contribution in [2.75, 3.05) is 0 Å². The highest BCUT2D eigenvalue weighted by Crippen LogP contribution is 2.33. The highest BCUT2D eigenvalue weighted by molar-refractivity contribution is 5.95. The highest BCUT2D eigenvalue weighted by atomic mass is 19.4. The fourth-order valence-electron chi connectivity index (χ4n) is 3.61. The number of hydrogen-bond donors (Lipinski definition) is 1. The van der Waals surface area contributed by atoms with Gasteiger partial charge in [0.05, 0.1) is 23.0 Å². The molecule has 34 heavy (non-hydrogen) atoms. The molecule has 4 heterocycles. The van der Waals surface area contributed by atoms with Gasteiger partial charge in [0.25, 0.3) is 12.3 Å². The lowest BCUT2D eigenvalue weighted by atomic mass is 10.0. The Labute approximate surface area is 185 Å². The number of aromatic nitrogens is 5. The molecule has 0 aliphatic carbocycles. The van der Waals surface area contributed by atoms with Crippen LogP contribution in [-0.4, -0.2) is 30.5 Å². The maximum atomic E-state index is 13.2. The average molecular weight is 494 g/mol. The number of carbonyl (C=O) groups is 1. The first-order chi connectivity index (χ1) is 15.8. The topological polar surface area (TPSA) is 77.6 Å². The van der Waals surface area contributed by atoms with Crippen molar-refractivity contribution in [3.63, 3.8) is 0 Å². The fourth-order valence-corrected chi connectivity index (χ4v) is 3.61. The minimum atomic E-state index is -5.10. The second kappa shape index (κ2) is 8.36. The van der Waals surface area contributed by atoms with Crippen LogP contribution in [0.5, 0.6) is 0 Å². The van der Waals surface area contributed by atoms with Crippen molar-refractivity contribution in [1.29, 1.82) is 0 Å². The van der Waals surface area contributed by atoms with Gasteiger partial charge in [-0.2, -0.15) is 28.1 Å². The van der Waals surface area contributed by atoms with E-state index in [1.54, 1.807) is 0 Å². The number of nitrogens with one attached hydrogen (secondary N) is 1. The van der Waals surface area contributed by atoms with E-state index in [0.717, 1.165) is 12.3 Å². The SMILES string of the molecule is O=C(N[C@H]1CCCn2nc(-c3ccnc(C(F)(F)F)c3)cc21)c1cn(C(F)(F)F)nc1C(F)F. The lowest BCUT2D eigenvalue weighted by molar-refractivity contribution is -0.212. The van der Waals surface area contributed by atoms with Gasteiger partial charge in [0, 0.05) is 24.5 Å². The van der Waals surface area contributed by atoms with Crippen LogP contribution < -0.4 is 5.32 Å². The van der Waals surface area contributed by atoms with E-state index in [1.807, 2.05) is 0 Å². The number of fused-ring (bicyclic) bond motifs is 1. The van der Waals surface area contributed by atoms with Gasteiger partial charge in [-0.05, 0) is 31.0 Å². The number of aryl methyl sites for hydroxylation is 1. The van der Waals surface area contributed by atoms with Gasteiger partial charge in [0.2, 0.25) is 0 Å². The number of halogens is 8. The summed E-state index contributed by atoms with van der Waals surface area (Å²) in [7, 11) is 0. The third-order valence-electron chi connectivity index (χ3n) is 5.14. The first-order valence-electron chi connectivity index (χ1n) is 9.71. The molecule has 182 valence electrons. The second-order valence-corrected chi connectivity index (χ2v) is 7.41. The maximum Gasteiger partial charge on any atom is 0.504 e. The minimum absolute atomic E-state index is 0.112. The van der Waals surface area contributed by atoms with E-state index in [1.165, 1.54) is 16.8 Å². The van der Waals surface area contributed by atoms with Crippen molar-refractivity contribution >= 4 is 5.91 Å². The number of amides is 1. The van der Waals surface area contributed by atoms with E-state index < -0.39 is 52.5 Å². The van der Waals surface area contributed by atoms with Crippen LogP contribution in [0.2, 0.25) is 0 Å². The molecule has 0 saturated heterocycles. The molecule has 3 aromatic rings. The van der Waals surface area contributed by atoms with E-state index in [-0.39, 0.29) is 17.5 Å². The summed E-state index contributed by atoms with van der Waals surface area (Å²) in [6.45, 7) is 0.368. The molecule has 3 aromatic heterocycles. The number of alkyl halides is 8. The van der Waals surface area contributed by atoms with Gasteiger partial charge in [-0.15, -0.1) is 13.2 Å². The van der Waals surface area contributed by atoms with Crippen molar-refractivity contribution < 1.29 is 39.9 Å². The van der Waals surface area contributed by atoms with Gasteiger partial charge >= 0.3 is 12.5 Å². The van der Waals surface area contributed by atoms with Crippen molar-refractivity contribution in [1.82, 2.24) is 29.9 Å². The van der Waals surface area contributed by atoms with Gasteiger partial charge in [0.1, 0.15) is 11.4 Å². The first kappa shape index (κ1) is 23.6. The van der Waals surface area contributed by atoms with E-state index in [0.29, 0.717) is 25.1 Å². The van der Waals surface area contributed by atoms with Crippen molar-refractivity contribution in [2.45, 2.75) is 44.3 Å². The molecule has 7 nitrogen and oxygen atoms in total. The van der Waals surface area contributed by atoms with Gasteiger partial charge in [-0.3, -0.25) is 14.5 Å². The molecular weight excluding hydrogens is 480 g/mol. The summed E-state index contributed by atoms with van der Waals surface area (Å²) < 4.78 is 105. The number of rotatable bonds is 4. The van der Waals surface area contributed by atoms with Crippen molar-refractivity contribution in [2.24, 2.45) is 0 Å². The Hall–Kier alpha value is -3.52. The highest BCUT2D eigenvalue weighted by Gasteiger charge is 2.37. The standard InChI is InChI=1S/C19H14F8N6O/c20-16(21)15-10(8-33(31-15)19(25,26)27)17(34)29-11-2-1-5-32-13(11)7-12(30-32)9-3-4-28-14(6-9)18(22,23)24/h3-4,6-8,11,16H,1-2,5H2,(H,29,34)/t11-/m0/s1. The molecule has 0 bridgehead atoms. The molecule has 0 saturated carbocycles. The van der Waals surface area contributed by atoms with E-state index >= 15 is 0 Å². The Morgan fingerprint density at radius 1 is 1.12 bits per heavy atom. The van der Waals surface area contributed by atoms with Crippen LogP contribution in [0.1, 0.15) is 52.7 Å². The molecule has 0 spiro atoms. The lowest BCUT2D eigenvalue weighted by Crippen LogP contribution is -2.33. The van der Waals surface area contributed by atoms with Gasteiger partial charge in [-0.25, -0.2) is 8.78 Å². The third-order valence-corrected chi connectivity index (χ3v) is 5.14. The number of nitrogens with zero attached hydrogens (tertiary/aromatic N) is 5. The summed E-state index contributed by atoms with van der Waals surface area (Å²) in [5.41, 5.74) is -2.75. The van der Waals surface area contributed by atoms with E-state index in [9.17, 15) is 39.9 Å². The zero-order valence-corrected chi connectivity index (χ0v) is 16.8. The number of pyridine rings is 1. The summed E-state index contributed by atoms with van der Waals surface area (Å²) in [5.74, 6) is -1.20. The van der Waals surface area contributed by atoms with Crippen LogP contribution in [-0.2, 0) is 19.0 Å². The van der Waals surface area contributed by atoms with Crippen LogP contribution in [0, 0.1) is 0 Å². The zero-order valence-electron chi connectivity index (χ0n) is 16.8. The number of carbonyl (C=O) groups excluding carboxylic acids is 1. The Balaban J connectivity index is 1.62. The van der Waals surface area contributed by atoms with Crippen LogP contribution in [0.4, 0.5) is 35.1 Å². The molecule has 1 aliphatic rings. The Bertz CT molecular complexity index is 1210. The normalized spacial score (nSPS) is 16.6. The third kappa shape index (κ3) is 4.59. The largest absolute Gasteiger partial charge is 0.504 e. The van der Waals surface area contributed by atoms with Crippen molar-refractivity contribution in [3.8, 4) is 11.3 Å². The molecule has 0 radical (unpaired) electrons. The summed E-state index contributed by atoms with van der Waals surface area (Å²) in [6, 6.07) is 2.72. The molecule has 1 N–H and O–H groups in total. The molecule has 1 aliphatic heterocycles. The predicted octanol–water partition coefficient (Wildman–Crippen LogP) is 4.84. The molecule has 0 unspecified atom stereocenters. The maximum absolute atomic E-state index is 13.2. The Morgan fingerprint density at radius 2 is 1.85 bits per heavy atom. The van der Waals surface area contributed by atoms with E-state index in [2.05, 4.69) is 20.5 Å². The van der Waals surface area contributed by atoms with Crippen LogP contribution in [0.3, 0.4) is 0 Å². The van der Waals surface area contributed by atoms with Gasteiger partial charge in [0.15, 0.2) is 0 Å². The zero-order chi connectivity index (χ0) is 24.8. The van der Waals surface area contributed by atoms with Crippen molar-refractivity contribution in [3.05, 3.63) is 53.2 Å². The second-order valence-electron chi connectivity index (χ2n) is 7.41. The molecule has 4 rings (SSSR count). The molecular formula is C19H14F8N6O. The first-order valence-corrected chi connectivity index (χ1v) is 9.71. The summed E-state index contributed by atoms with van der Waals surface area (Å²) in [6.07, 6.45) is -11.3. The van der Waals surface area contributed by atoms with Crippen LogP contribution in [0.15, 0.2) is 30.6 Å². The Kier molecular flexibility index (Phi) is 5.81. The number of hydrogen-bond acceptors (Lipinski definition) is 4. The monoisotopic (exact) mass is 494 g/mol. The Morgan fingerprint density at radius 3 is 2.50 bits per heavy atom. The van der Waals surface area contributed by atoms with Crippen LogP contribution >= 0.6 is 0 Å². The van der Waals surface area contributed by atoms with E-state index in [4.69, 9.17) is 0 Å². The van der Waals surface area contributed by atoms with Crippen LogP contribution in [0.25, 0.3) is 11.3 Å². The summed E-state index contributed by atoms with van der Waals surface area (Å²) >= 11 is 0. The average Bonchev–Trinajstić information content (AvgIpc) is 3.39. The fraction of sp³-hybridized carbons (Fsp3) is 0.368. The lowest BCUT2D eigenvalue weighted by Gasteiger charge is -2.24. The van der Waals surface area contributed by atoms with Gasteiger partial charge < -0.3 is 5.32 Å².